The normalized spacial score (nSPS) is 28.3. The van der Waals surface area contributed by atoms with Crippen LogP contribution in [0.5, 0.6) is 11.5 Å². The molecule has 5 rings (SSSR count). The van der Waals surface area contributed by atoms with Crippen LogP contribution in [-0.2, 0) is 4.74 Å². The zero-order valence-corrected chi connectivity index (χ0v) is 14.0. The van der Waals surface area contributed by atoms with E-state index in [1.54, 1.807) is 4.88 Å². The Bertz CT molecular complexity index is 751. The van der Waals surface area contributed by atoms with E-state index in [-0.39, 0.29) is 6.10 Å². The lowest BCUT2D eigenvalue weighted by molar-refractivity contribution is -0.0374. The molecule has 1 aliphatic carbocycles. The predicted octanol–water partition coefficient (Wildman–Crippen LogP) is 4.93. The molecule has 2 aliphatic heterocycles. The zero-order valence-electron chi connectivity index (χ0n) is 13.2. The molecule has 2 aromatic rings. The molecule has 3 atom stereocenters. The first-order valence-electron chi connectivity index (χ1n) is 8.45. The maximum atomic E-state index is 6.59. The summed E-state index contributed by atoms with van der Waals surface area (Å²) >= 11 is 1.96. The van der Waals surface area contributed by atoms with E-state index < -0.39 is 0 Å². The van der Waals surface area contributed by atoms with Gasteiger partial charge in [-0.05, 0) is 49.1 Å². The van der Waals surface area contributed by atoms with Gasteiger partial charge in [0.2, 0.25) is 6.79 Å². The van der Waals surface area contributed by atoms with Crippen molar-refractivity contribution >= 4 is 11.3 Å². The third-order valence-corrected chi connectivity index (χ3v) is 6.44. The SMILES string of the molecule is Cc1cc2c(s1)[C@@H]1CCCC[C@H]1O[C@H]2c1ccc2c(c1)OCO2. The predicted molar refractivity (Wildman–Crippen MR) is 89.5 cm³/mol. The van der Waals surface area contributed by atoms with Gasteiger partial charge in [0.15, 0.2) is 11.5 Å². The highest BCUT2D eigenvalue weighted by Crippen LogP contribution is 2.50. The van der Waals surface area contributed by atoms with E-state index in [1.807, 2.05) is 17.4 Å². The maximum absolute atomic E-state index is 6.59. The fourth-order valence-corrected chi connectivity index (χ4v) is 5.43. The lowest BCUT2D eigenvalue weighted by Gasteiger charge is -2.39. The molecule has 1 saturated carbocycles. The summed E-state index contributed by atoms with van der Waals surface area (Å²) in [6.45, 7) is 2.52. The number of aryl methyl sites for hydroxylation is 1. The van der Waals surface area contributed by atoms with Gasteiger partial charge in [-0.25, -0.2) is 0 Å². The monoisotopic (exact) mass is 328 g/mol. The van der Waals surface area contributed by atoms with Gasteiger partial charge in [0.1, 0.15) is 6.10 Å². The number of fused-ring (bicyclic) bond motifs is 4. The average molecular weight is 328 g/mol. The molecule has 1 aromatic heterocycles. The first-order chi connectivity index (χ1) is 11.3. The number of ether oxygens (including phenoxy) is 3. The van der Waals surface area contributed by atoms with Gasteiger partial charge >= 0.3 is 0 Å². The highest BCUT2D eigenvalue weighted by Gasteiger charge is 2.39. The molecule has 3 nitrogen and oxygen atoms in total. The van der Waals surface area contributed by atoms with Gasteiger partial charge in [0, 0.05) is 15.7 Å². The quantitative estimate of drug-likeness (QED) is 0.743. The summed E-state index contributed by atoms with van der Waals surface area (Å²) in [6.07, 6.45) is 5.46. The van der Waals surface area contributed by atoms with Gasteiger partial charge in [-0.2, -0.15) is 0 Å². The molecule has 0 bridgehead atoms. The molecule has 0 unspecified atom stereocenters. The van der Waals surface area contributed by atoms with Gasteiger partial charge < -0.3 is 14.2 Å². The van der Waals surface area contributed by atoms with Crippen molar-refractivity contribution < 1.29 is 14.2 Å². The minimum atomic E-state index is 0.0313. The van der Waals surface area contributed by atoms with E-state index in [0.717, 1.165) is 11.5 Å². The number of rotatable bonds is 1. The highest BCUT2D eigenvalue weighted by molar-refractivity contribution is 7.12. The molecule has 3 aliphatic rings. The molecule has 4 heteroatoms. The molecular formula is C19H20O3S. The van der Waals surface area contributed by atoms with E-state index >= 15 is 0 Å². The number of hydrogen-bond acceptors (Lipinski definition) is 4. The van der Waals surface area contributed by atoms with E-state index in [2.05, 4.69) is 25.1 Å². The van der Waals surface area contributed by atoms with Crippen LogP contribution >= 0.6 is 11.3 Å². The fourth-order valence-electron chi connectivity index (χ4n) is 4.19. The standard InChI is InChI=1S/C19H20O3S/c1-11-8-14-18(12-6-7-16-17(9-12)21-10-20-16)22-15-5-3-2-4-13(15)19(14)23-11/h6-9,13,15,18H,2-5,10H2,1H3/t13-,15-,18+/m1/s1. The summed E-state index contributed by atoms with van der Waals surface area (Å²) in [4.78, 5) is 2.94. The average Bonchev–Trinajstić information content (AvgIpc) is 3.19. The van der Waals surface area contributed by atoms with E-state index in [4.69, 9.17) is 14.2 Å². The van der Waals surface area contributed by atoms with Crippen LogP contribution in [-0.4, -0.2) is 12.9 Å². The summed E-state index contributed by atoms with van der Waals surface area (Å²) in [5.41, 5.74) is 2.55. The van der Waals surface area contributed by atoms with Crippen LogP contribution in [0.25, 0.3) is 0 Å². The summed E-state index contributed by atoms with van der Waals surface area (Å²) in [5, 5.41) is 0. The Morgan fingerprint density at radius 3 is 2.87 bits per heavy atom. The molecule has 1 fully saturated rings. The van der Waals surface area contributed by atoms with Crippen LogP contribution in [0.4, 0.5) is 0 Å². The van der Waals surface area contributed by atoms with Crippen LogP contribution in [0.15, 0.2) is 24.3 Å². The van der Waals surface area contributed by atoms with Crippen LogP contribution in [0.1, 0.15) is 58.6 Å². The molecular weight excluding hydrogens is 308 g/mol. The third kappa shape index (κ3) is 2.19. The topological polar surface area (TPSA) is 27.7 Å². The maximum Gasteiger partial charge on any atom is 0.231 e. The van der Waals surface area contributed by atoms with Gasteiger partial charge in [-0.15, -0.1) is 11.3 Å². The lowest BCUT2D eigenvalue weighted by atomic mass is 9.80. The van der Waals surface area contributed by atoms with E-state index in [1.165, 1.54) is 41.7 Å². The van der Waals surface area contributed by atoms with Crippen LogP contribution in [0.2, 0.25) is 0 Å². The van der Waals surface area contributed by atoms with Crippen LogP contribution < -0.4 is 9.47 Å². The summed E-state index contributed by atoms with van der Waals surface area (Å²) in [7, 11) is 0. The Labute approximate surface area is 140 Å². The number of thiophene rings is 1. The van der Waals surface area contributed by atoms with Crippen molar-refractivity contribution in [2.45, 2.75) is 50.7 Å². The molecule has 0 spiro atoms. The first kappa shape index (κ1) is 13.9. The van der Waals surface area contributed by atoms with Crippen LogP contribution in [0.3, 0.4) is 0 Å². The lowest BCUT2D eigenvalue weighted by Crippen LogP contribution is -2.32. The molecule has 23 heavy (non-hydrogen) atoms. The Hall–Kier alpha value is -1.52. The van der Waals surface area contributed by atoms with Crippen molar-refractivity contribution in [1.29, 1.82) is 0 Å². The van der Waals surface area contributed by atoms with Crippen LogP contribution in [0, 0.1) is 6.92 Å². The van der Waals surface area contributed by atoms with E-state index in [0.29, 0.717) is 18.8 Å². The Kier molecular flexibility index (Phi) is 3.17. The van der Waals surface area contributed by atoms with Crippen molar-refractivity contribution in [1.82, 2.24) is 0 Å². The molecule has 0 amide bonds. The second kappa shape index (κ2) is 5.25. The van der Waals surface area contributed by atoms with Gasteiger partial charge in [0.25, 0.3) is 0 Å². The van der Waals surface area contributed by atoms with Crippen molar-refractivity contribution in [3.05, 3.63) is 45.1 Å². The summed E-state index contributed by atoms with van der Waals surface area (Å²) < 4.78 is 17.6. The van der Waals surface area contributed by atoms with Crippen molar-refractivity contribution in [2.24, 2.45) is 0 Å². The molecule has 0 N–H and O–H groups in total. The van der Waals surface area contributed by atoms with Crippen molar-refractivity contribution in [3.63, 3.8) is 0 Å². The molecule has 120 valence electrons. The molecule has 3 heterocycles. The third-order valence-electron chi connectivity index (χ3n) is 5.25. The molecule has 1 aromatic carbocycles. The van der Waals surface area contributed by atoms with Gasteiger partial charge in [-0.3, -0.25) is 0 Å². The largest absolute Gasteiger partial charge is 0.454 e. The summed E-state index contributed by atoms with van der Waals surface area (Å²) in [6, 6.07) is 8.54. The van der Waals surface area contributed by atoms with Gasteiger partial charge in [-0.1, -0.05) is 18.9 Å². The Balaban J connectivity index is 1.59. The molecule has 0 radical (unpaired) electrons. The number of hydrogen-bond donors (Lipinski definition) is 0. The van der Waals surface area contributed by atoms with Gasteiger partial charge in [0.05, 0.1) is 6.10 Å². The van der Waals surface area contributed by atoms with Crippen molar-refractivity contribution in [3.8, 4) is 11.5 Å². The second-order valence-electron chi connectivity index (χ2n) is 6.73. The molecule has 0 saturated heterocycles. The zero-order chi connectivity index (χ0) is 15.4. The van der Waals surface area contributed by atoms with E-state index in [9.17, 15) is 0 Å². The minimum absolute atomic E-state index is 0.0313. The Morgan fingerprint density at radius 1 is 1.04 bits per heavy atom. The second-order valence-corrected chi connectivity index (χ2v) is 8.02. The first-order valence-corrected chi connectivity index (χ1v) is 9.26. The Morgan fingerprint density at radius 2 is 1.91 bits per heavy atom. The number of benzene rings is 1. The highest BCUT2D eigenvalue weighted by atomic mass is 32.1. The summed E-state index contributed by atoms with van der Waals surface area (Å²) in [5.74, 6) is 2.27. The van der Waals surface area contributed by atoms with Crippen molar-refractivity contribution in [2.75, 3.05) is 6.79 Å². The smallest absolute Gasteiger partial charge is 0.231 e. The fraction of sp³-hybridized carbons (Fsp3) is 0.474. The minimum Gasteiger partial charge on any atom is -0.454 e.